The van der Waals surface area contributed by atoms with Gasteiger partial charge >= 0.3 is 0 Å². The number of aliphatic imine (C=N–C) groups is 1. The van der Waals surface area contributed by atoms with Crippen molar-refractivity contribution in [2.45, 2.75) is 44.7 Å². The third-order valence-corrected chi connectivity index (χ3v) is 4.95. The summed E-state index contributed by atoms with van der Waals surface area (Å²) >= 11 is 1.88. The van der Waals surface area contributed by atoms with Gasteiger partial charge in [0.05, 0.1) is 6.04 Å². The lowest BCUT2D eigenvalue weighted by Gasteiger charge is -2.17. The number of rotatable bonds is 5. The van der Waals surface area contributed by atoms with Crippen LogP contribution in [0, 0.1) is 5.92 Å². The van der Waals surface area contributed by atoms with E-state index in [0.717, 1.165) is 16.8 Å². The molecule has 19 heavy (non-hydrogen) atoms. The van der Waals surface area contributed by atoms with Crippen LogP contribution in [0.1, 0.15) is 44.2 Å². The largest absolute Gasteiger partial charge is 0.362 e. The van der Waals surface area contributed by atoms with Crippen molar-refractivity contribution >= 4 is 16.9 Å². The van der Waals surface area contributed by atoms with Gasteiger partial charge in [-0.15, -0.1) is 0 Å². The minimum absolute atomic E-state index is 0.340. The van der Waals surface area contributed by atoms with Crippen molar-refractivity contribution in [2.75, 3.05) is 5.75 Å². The molecular weight excluding hydrogens is 252 g/mol. The van der Waals surface area contributed by atoms with Crippen LogP contribution < -0.4 is 5.32 Å². The molecule has 0 aromatic heterocycles. The summed E-state index contributed by atoms with van der Waals surface area (Å²) in [5.41, 5.74) is 1.34. The molecular formula is C16H22N2S. The van der Waals surface area contributed by atoms with Gasteiger partial charge in [-0.3, -0.25) is 4.99 Å². The lowest BCUT2D eigenvalue weighted by Crippen LogP contribution is -2.32. The zero-order valence-electron chi connectivity index (χ0n) is 11.5. The van der Waals surface area contributed by atoms with E-state index in [1.807, 2.05) is 11.8 Å². The van der Waals surface area contributed by atoms with E-state index in [9.17, 15) is 0 Å². The molecule has 3 rings (SSSR count). The molecule has 1 fully saturated rings. The maximum absolute atomic E-state index is 4.84. The summed E-state index contributed by atoms with van der Waals surface area (Å²) in [6.45, 7) is 2.27. The van der Waals surface area contributed by atoms with Gasteiger partial charge in [0.25, 0.3) is 0 Å². The minimum atomic E-state index is 0.340. The number of thioether (sulfide) groups is 1. The molecule has 0 bridgehead atoms. The molecule has 2 atom stereocenters. The van der Waals surface area contributed by atoms with E-state index < -0.39 is 0 Å². The second-order valence-electron chi connectivity index (χ2n) is 5.60. The Labute approximate surface area is 120 Å². The van der Waals surface area contributed by atoms with E-state index in [1.54, 1.807) is 0 Å². The third kappa shape index (κ3) is 3.53. The standard InChI is InChI=1S/C16H22N2S/c1-2-14(10-12-8-9-12)17-16-18-15(11-19-16)13-6-4-3-5-7-13/h3-7,12,14-15H,2,8-11H2,1H3,(H,17,18). The summed E-state index contributed by atoms with van der Waals surface area (Å²) in [7, 11) is 0. The third-order valence-electron chi connectivity index (χ3n) is 3.97. The van der Waals surface area contributed by atoms with Gasteiger partial charge in [-0.1, -0.05) is 61.9 Å². The highest BCUT2D eigenvalue weighted by molar-refractivity contribution is 8.14. The van der Waals surface area contributed by atoms with Crippen LogP contribution in [0.15, 0.2) is 35.3 Å². The number of amidine groups is 1. The summed E-state index contributed by atoms with van der Waals surface area (Å²) in [6, 6.07) is 11.6. The van der Waals surface area contributed by atoms with Crippen molar-refractivity contribution in [1.29, 1.82) is 0 Å². The molecule has 1 aliphatic heterocycles. The molecule has 2 unspecified atom stereocenters. The molecule has 102 valence electrons. The molecule has 1 aromatic rings. The number of hydrogen-bond acceptors (Lipinski definition) is 3. The maximum atomic E-state index is 4.84. The van der Waals surface area contributed by atoms with E-state index in [4.69, 9.17) is 4.99 Å². The van der Waals surface area contributed by atoms with Crippen LogP contribution in [-0.2, 0) is 0 Å². The summed E-state index contributed by atoms with van der Waals surface area (Å²) in [5, 5.41) is 4.80. The highest BCUT2D eigenvalue weighted by Crippen LogP contribution is 2.35. The van der Waals surface area contributed by atoms with Crippen LogP contribution in [0.3, 0.4) is 0 Å². The molecule has 0 saturated heterocycles. The number of nitrogens with zero attached hydrogens (tertiary/aromatic N) is 1. The first kappa shape index (κ1) is 13.0. The summed E-state index contributed by atoms with van der Waals surface area (Å²) in [4.78, 5) is 4.84. The second kappa shape index (κ2) is 6.00. The number of benzene rings is 1. The first-order valence-electron chi connectivity index (χ1n) is 7.37. The maximum Gasteiger partial charge on any atom is 0.157 e. The molecule has 1 aliphatic carbocycles. The van der Waals surface area contributed by atoms with Crippen molar-refractivity contribution < 1.29 is 0 Å². The first-order valence-corrected chi connectivity index (χ1v) is 8.35. The molecule has 1 aromatic carbocycles. The molecule has 2 aliphatic rings. The van der Waals surface area contributed by atoms with Gasteiger partial charge in [-0.05, 0) is 24.3 Å². The van der Waals surface area contributed by atoms with Crippen LogP contribution in [0.4, 0.5) is 0 Å². The van der Waals surface area contributed by atoms with Crippen LogP contribution in [0.5, 0.6) is 0 Å². The molecule has 0 spiro atoms. The lowest BCUT2D eigenvalue weighted by molar-refractivity contribution is 0.513. The summed E-state index contributed by atoms with van der Waals surface area (Å²) < 4.78 is 0. The molecule has 2 nitrogen and oxygen atoms in total. The van der Waals surface area contributed by atoms with Crippen LogP contribution in [-0.4, -0.2) is 17.0 Å². The summed E-state index contributed by atoms with van der Waals surface area (Å²) in [6.07, 6.45) is 5.40. The highest BCUT2D eigenvalue weighted by Gasteiger charge is 2.26. The van der Waals surface area contributed by atoms with E-state index in [0.29, 0.717) is 12.1 Å². The van der Waals surface area contributed by atoms with Gasteiger partial charge in [0, 0.05) is 11.8 Å². The zero-order chi connectivity index (χ0) is 13.1. The normalized spacial score (nSPS) is 24.1. The monoisotopic (exact) mass is 274 g/mol. The average Bonchev–Trinajstić information content (AvgIpc) is 3.15. The lowest BCUT2D eigenvalue weighted by atomic mass is 10.1. The van der Waals surface area contributed by atoms with Gasteiger partial charge in [-0.25, -0.2) is 0 Å². The molecule has 0 amide bonds. The highest BCUT2D eigenvalue weighted by atomic mass is 32.2. The Morgan fingerprint density at radius 2 is 2.11 bits per heavy atom. The predicted molar refractivity (Wildman–Crippen MR) is 83.6 cm³/mol. The smallest absolute Gasteiger partial charge is 0.157 e. The summed E-state index contributed by atoms with van der Waals surface area (Å²) in [5.74, 6) is 2.06. The molecule has 3 heteroatoms. The van der Waals surface area contributed by atoms with Crippen LogP contribution in [0.25, 0.3) is 0 Å². The van der Waals surface area contributed by atoms with Gasteiger partial charge in [0.15, 0.2) is 5.17 Å². The van der Waals surface area contributed by atoms with Gasteiger partial charge in [0.2, 0.25) is 0 Å². The topological polar surface area (TPSA) is 24.4 Å². The minimum Gasteiger partial charge on any atom is -0.362 e. The predicted octanol–water partition coefficient (Wildman–Crippen LogP) is 4.00. The Balaban J connectivity index is 1.59. The Morgan fingerprint density at radius 3 is 2.79 bits per heavy atom. The Kier molecular flexibility index (Phi) is 4.12. The fraction of sp³-hybridized carbons (Fsp3) is 0.562. The van der Waals surface area contributed by atoms with E-state index >= 15 is 0 Å². The van der Waals surface area contributed by atoms with Crippen molar-refractivity contribution in [3.05, 3.63) is 35.9 Å². The SMILES string of the molecule is CCC(CC1CC1)NC1=NC(c2ccccc2)CS1. The quantitative estimate of drug-likeness (QED) is 0.877. The molecule has 1 heterocycles. The fourth-order valence-electron chi connectivity index (χ4n) is 2.56. The molecule has 0 radical (unpaired) electrons. The van der Waals surface area contributed by atoms with Crippen LogP contribution >= 0.6 is 11.8 Å². The Hall–Kier alpha value is -0.960. The average molecular weight is 274 g/mol. The Bertz CT molecular complexity index is 439. The van der Waals surface area contributed by atoms with E-state index in [-0.39, 0.29) is 0 Å². The van der Waals surface area contributed by atoms with Gasteiger partial charge in [-0.2, -0.15) is 0 Å². The second-order valence-corrected chi connectivity index (χ2v) is 6.61. The number of hydrogen-bond donors (Lipinski definition) is 1. The molecule has 1 saturated carbocycles. The van der Waals surface area contributed by atoms with Crippen molar-refractivity contribution in [1.82, 2.24) is 5.32 Å². The molecule has 1 N–H and O–H groups in total. The van der Waals surface area contributed by atoms with Gasteiger partial charge in [0.1, 0.15) is 0 Å². The Morgan fingerprint density at radius 1 is 1.32 bits per heavy atom. The van der Waals surface area contributed by atoms with Crippen LogP contribution in [0.2, 0.25) is 0 Å². The van der Waals surface area contributed by atoms with Gasteiger partial charge < -0.3 is 5.32 Å². The first-order chi connectivity index (χ1) is 9.35. The number of nitrogens with one attached hydrogen (secondary N) is 1. The van der Waals surface area contributed by atoms with E-state index in [2.05, 4.69) is 42.6 Å². The zero-order valence-corrected chi connectivity index (χ0v) is 12.3. The van der Waals surface area contributed by atoms with Crippen molar-refractivity contribution in [3.8, 4) is 0 Å². The van der Waals surface area contributed by atoms with E-state index in [1.165, 1.54) is 31.2 Å². The fourth-order valence-corrected chi connectivity index (χ4v) is 3.59. The van der Waals surface area contributed by atoms with Crippen molar-refractivity contribution in [2.24, 2.45) is 10.9 Å². The van der Waals surface area contributed by atoms with Crippen molar-refractivity contribution in [3.63, 3.8) is 0 Å².